The lowest BCUT2D eigenvalue weighted by atomic mass is 10.1. The Morgan fingerprint density at radius 3 is 2.73 bits per heavy atom. The summed E-state index contributed by atoms with van der Waals surface area (Å²) in [6.07, 6.45) is 0. The summed E-state index contributed by atoms with van der Waals surface area (Å²) in [5.41, 5.74) is 9.14. The van der Waals surface area contributed by atoms with E-state index < -0.39 is 0 Å². The molecule has 0 aliphatic carbocycles. The second-order valence-electron chi connectivity index (χ2n) is 2.74. The highest BCUT2D eigenvalue weighted by Gasteiger charge is 2.14. The molecule has 0 aliphatic rings. The van der Waals surface area contributed by atoms with Crippen molar-refractivity contribution in [3.05, 3.63) is 40.8 Å². The number of benzene rings is 1. The van der Waals surface area contributed by atoms with Crippen LogP contribution in [0.25, 0.3) is 21.7 Å². The fraction of sp³-hybridized carbons (Fsp3) is 0. The van der Waals surface area contributed by atoms with E-state index in [2.05, 4.69) is 19.7 Å². The molecule has 1 aromatic heterocycles. The normalized spacial score (nSPS) is 9.60. The van der Waals surface area contributed by atoms with Gasteiger partial charge < -0.3 is 9.63 Å². The van der Waals surface area contributed by atoms with E-state index in [-0.39, 0.29) is 17.3 Å². The average molecular weight is 202 g/mol. The fourth-order valence-electron chi connectivity index (χ4n) is 1.17. The largest absolute Gasteiger partial charge is 0.503 e. The Balaban J connectivity index is 2.51. The third-order valence-electron chi connectivity index (χ3n) is 1.83. The van der Waals surface area contributed by atoms with E-state index in [1.807, 2.05) is 6.07 Å². The maximum absolute atomic E-state index is 9.59. The van der Waals surface area contributed by atoms with Gasteiger partial charge in [0.05, 0.1) is 0 Å². The molecule has 0 unspecified atom stereocenters. The van der Waals surface area contributed by atoms with Crippen LogP contribution >= 0.6 is 0 Å². The summed E-state index contributed by atoms with van der Waals surface area (Å²) in [6, 6.07) is 8.97. The summed E-state index contributed by atoms with van der Waals surface area (Å²) in [6.45, 7) is 0. The van der Waals surface area contributed by atoms with Gasteiger partial charge >= 0.3 is 0 Å². The molecule has 1 heterocycles. The summed E-state index contributed by atoms with van der Waals surface area (Å²) in [5, 5.41) is 16.4. The van der Waals surface area contributed by atoms with Crippen molar-refractivity contribution in [1.29, 1.82) is 0 Å². The van der Waals surface area contributed by atoms with Gasteiger partial charge in [-0.3, -0.25) is 0 Å². The van der Waals surface area contributed by atoms with E-state index in [1.165, 1.54) is 0 Å². The van der Waals surface area contributed by atoms with Gasteiger partial charge in [0.25, 0.3) is 5.88 Å². The second-order valence-corrected chi connectivity index (χ2v) is 2.74. The molecule has 1 aromatic carbocycles. The number of aromatic nitrogens is 1. The molecule has 2 aromatic rings. The van der Waals surface area contributed by atoms with Gasteiger partial charge in [-0.2, -0.15) is 0 Å². The van der Waals surface area contributed by atoms with E-state index in [0.717, 1.165) is 0 Å². The van der Waals surface area contributed by atoms with Crippen molar-refractivity contribution in [2.75, 3.05) is 0 Å². The minimum Gasteiger partial charge on any atom is -0.503 e. The molecule has 1 N–H and O–H groups in total. The van der Waals surface area contributed by atoms with Crippen molar-refractivity contribution in [2.24, 2.45) is 5.11 Å². The maximum atomic E-state index is 9.59. The van der Waals surface area contributed by atoms with Crippen LogP contribution in [0.2, 0.25) is 0 Å². The zero-order valence-corrected chi connectivity index (χ0v) is 7.53. The Hall–Kier alpha value is -2.46. The molecule has 0 atom stereocenters. The minimum atomic E-state index is -0.251. The monoisotopic (exact) mass is 202 g/mol. The molecule has 0 saturated carbocycles. The van der Waals surface area contributed by atoms with Crippen LogP contribution in [0.5, 0.6) is 5.75 Å². The number of hydrogen-bond acceptors (Lipinski definition) is 4. The topological polar surface area (TPSA) is 95.0 Å². The van der Waals surface area contributed by atoms with Crippen LogP contribution in [0.1, 0.15) is 0 Å². The van der Waals surface area contributed by atoms with E-state index in [9.17, 15) is 5.11 Å². The first-order valence-electron chi connectivity index (χ1n) is 4.12. The average Bonchev–Trinajstić information content (AvgIpc) is 2.63. The van der Waals surface area contributed by atoms with E-state index in [1.54, 1.807) is 24.3 Å². The molecule has 0 radical (unpaired) electrons. The van der Waals surface area contributed by atoms with Gasteiger partial charge in [0.15, 0.2) is 11.4 Å². The van der Waals surface area contributed by atoms with E-state index in [0.29, 0.717) is 5.56 Å². The molecule has 0 spiro atoms. The van der Waals surface area contributed by atoms with Gasteiger partial charge in [-0.1, -0.05) is 35.5 Å². The molecule has 0 aliphatic heterocycles. The van der Waals surface area contributed by atoms with Crippen LogP contribution in [0, 0.1) is 0 Å². The molecular formula is C9H6N4O2. The molecule has 6 nitrogen and oxygen atoms in total. The van der Waals surface area contributed by atoms with Gasteiger partial charge in [0, 0.05) is 10.5 Å². The molecule has 0 amide bonds. The zero-order chi connectivity index (χ0) is 10.7. The SMILES string of the molecule is [N-]=[N+]=Nc1onc(-c2ccccc2)c1O. The molecule has 0 fully saturated rings. The third kappa shape index (κ3) is 1.61. The summed E-state index contributed by atoms with van der Waals surface area (Å²) in [7, 11) is 0. The standard InChI is InChI=1S/C9H6N4O2/c10-13-11-9-8(14)7(12-15-9)6-4-2-1-3-5-6/h1-5,14H. The van der Waals surface area contributed by atoms with Crippen LogP contribution in [-0.2, 0) is 0 Å². The summed E-state index contributed by atoms with van der Waals surface area (Å²) < 4.78 is 4.67. The maximum Gasteiger partial charge on any atom is 0.265 e. The van der Waals surface area contributed by atoms with Crippen molar-refractivity contribution < 1.29 is 9.63 Å². The first-order chi connectivity index (χ1) is 7.33. The van der Waals surface area contributed by atoms with Crippen molar-refractivity contribution in [1.82, 2.24) is 5.16 Å². The van der Waals surface area contributed by atoms with E-state index in [4.69, 9.17) is 5.53 Å². The molecule has 74 valence electrons. The number of azide groups is 1. The quantitative estimate of drug-likeness (QED) is 0.460. The predicted molar refractivity (Wildman–Crippen MR) is 52.4 cm³/mol. The van der Waals surface area contributed by atoms with Crippen molar-refractivity contribution in [3.63, 3.8) is 0 Å². The van der Waals surface area contributed by atoms with Crippen molar-refractivity contribution in [3.8, 4) is 17.0 Å². The van der Waals surface area contributed by atoms with Gasteiger partial charge in [-0.25, -0.2) is 0 Å². The molecule has 0 saturated heterocycles. The van der Waals surface area contributed by atoms with Gasteiger partial charge in [-0.05, 0) is 10.6 Å². The number of rotatable bonds is 2. The molecule has 0 bridgehead atoms. The number of nitrogens with zero attached hydrogens (tertiary/aromatic N) is 4. The first kappa shape index (κ1) is 9.11. The van der Waals surface area contributed by atoms with Crippen LogP contribution in [0.3, 0.4) is 0 Å². The van der Waals surface area contributed by atoms with Crippen LogP contribution in [0.4, 0.5) is 5.88 Å². The third-order valence-corrected chi connectivity index (χ3v) is 1.83. The smallest absolute Gasteiger partial charge is 0.265 e. The molecule has 15 heavy (non-hydrogen) atoms. The van der Waals surface area contributed by atoms with Crippen LogP contribution in [0.15, 0.2) is 40.0 Å². The summed E-state index contributed by atoms with van der Waals surface area (Å²) in [4.78, 5) is 2.51. The van der Waals surface area contributed by atoms with Gasteiger partial charge in [0.1, 0.15) is 0 Å². The highest BCUT2D eigenvalue weighted by Crippen LogP contribution is 2.36. The lowest BCUT2D eigenvalue weighted by molar-refractivity contribution is 0.419. The van der Waals surface area contributed by atoms with Crippen LogP contribution < -0.4 is 0 Å². The number of aromatic hydroxyl groups is 1. The Labute approximate surface area is 84.4 Å². The Bertz CT molecular complexity index is 514. The highest BCUT2D eigenvalue weighted by molar-refractivity contribution is 5.69. The first-order valence-corrected chi connectivity index (χ1v) is 4.12. The number of hydrogen-bond donors (Lipinski definition) is 1. The summed E-state index contributed by atoms with van der Waals surface area (Å²) in [5.74, 6) is -0.477. The van der Waals surface area contributed by atoms with E-state index >= 15 is 0 Å². The highest BCUT2D eigenvalue weighted by atomic mass is 16.5. The fourth-order valence-corrected chi connectivity index (χ4v) is 1.17. The summed E-state index contributed by atoms with van der Waals surface area (Å²) >= 11 is 0. The zero-order valence-electron chi connectivity index (χ0n) is 7.53. The van der Waals surface area contributed by atoms with Crippen molar-refractivity contribution in [2.45, 2.75) is 0 Å². The molecule has 2 rings (SSSR count). The second kappa shape index (κ2) is 3.73. The van der Waals surface area contributed by atoms with Gasteiger partial charge in [-0.15, -0.1) is 0 Å². The lowest BCUT2D eigenvalue weighted by Crippen LogP contribution is -1.75. The van der Waals surface area contributed by atoms with Crippen molar-refractivity contribution >= 4 is 5.88 Å². The Kier molecular flexibility index (Phi) is 2.26. The Morgan fingerprint density at radius 2 is 2.07 bits per heavy atom. The molecule has 6 heteroatoms. The minimum absolute atomic E-state index is 0.226. The Morgan fingerprint density at radius 1 is 1.33 bits per heavy atom. The van der Waals surface area contributed by atoms with Gasteiger partial charge in [0.2, 0.25) is 0 Å². The lowest BCUT2D eigenvalue weighted by Gasteiger charge is -1.94. The van der Waals surface area contributed by atoms with Crippen LogP contribution in [-0.4, -0.2) is 10.3 Å². The predicted octanol–water partition coefficient (Wildman–Crippen LogP) is 2.99. The molecular weight excluding hydrogens is 196 g/mol.